The summed E-state index contributed by atoms with van der Waals surface area (Å²) in [6.07, 6.45) is -0.491. The molecule has 1 saturated heterocycles. The van der Waals surface area contributed by atoms with Crippen molar-refractivity contribution >= 4 is 33.1 Å². The van der Waals surface area contributed by atoms with Gasteiger partial charge in [-0.3, -0.25) is 0 Å². The van der Waals surface area contributed by atoms with Gasteiger partial charge in [0.1, 0.15) is 0 Å². The molecule has 3 nitrogen and oxygen atoms in total. The molecule has 1 heterocycles. The van der Waals surface area contributed by atoms with Crippen LogP contribution in [0.15, 0.2) is 0 Å². The monoisotopic (exact) mass is 220 g/mol. The van der Waals surface area contributed by atoms with Crippen molar-refractivity contribution < 1.29 is 12.4 Å². The molecule has 1 fully saturated rings. The van der Waals surface area contributed by atoms with Gasteiger partial charge >= 0.3 is 45.5 Å². The molecule has 0 saturated carbocycles. The predicted octanol–water partition coefficient (Wildman–Crippen LogP) is -0.693. The summed E-state index contributed by atoms with van der Waals surface area (Å²) < 4.78 is 8.76. The van der Waals surface area contributed by atoms with Gasteiger partial charge in [-0.05, 0) is 0 Å². The second kappa shape index (κ2) is 1.85. The Bertz CT molecular complexity index is 63.2. The first-order chi connectivity index (χ1) is 2.89. The fraction of sp³-hybridized carbons (Fsp3) is 0. The van der Waals surface area contributed by atoms with Gasteiger partial charge in [-0.2, -0.15) is 0 Å². The summed E-state index contributed by atoms with van der Waals surface area (Å²) in [4.78, 5) is 9.83. The minimum absolute atomic E-state index is 0.0318. The predicted molar refractivity (Wildman–Crippen MR) is 19.1 cm³/mol. The number of hydrogen-bond acceptors (Lipinski definition) is 3. The maximum absolute atomic E-state index is 9.83. The van der Waals surface area contributed by atoms with Crippen LogP contribution < -0.4 is 0 Å². The molecule has 0 aromatic heterocycles. The molecule has 0 aliphatic carbocycles. The van der Waals surface area contributed by atoms with E-state index in [1.54, 1.807) is 0 Å². The topological polar surface area (TPSA) is 35.5 Å². The van der Waals surface area contributed by atoms with Gasteiger partial charge < -0.3 is 0 Å². The summed E-state index contributed by atoms with van der Waals surface area (Å²) in [5.41, 5.74) is 0. The van der Waals surface area contributed by atoms with Gasteiger partial charge in [0.15, 0.2) is 0 Å². The van der Waals surface area contributed by atoms with Gasteiger partial charge in [-0.15, -0.1) is 0 Å². The van der Waals surface area contributed by atoms with Gasteiger partial charge in [0, 0.05) is 0 Å². The summed E-state index contributed by atoms with van der Waals surface area (Å²) in [5.74, 6) is 0. The van der Waals surface area contributed by atoms with Crippen LogP contribution in [0.25, 0.3) is 0 Å². The van der Waals surface area contributed by atoms with Gasteiger partial charge in [0.05, 0.1) is 0 Å². The van der Waals surface area contributed by atoms with E-state index in [0.29, 0.717) is 0 Å². The molecule has 0 aromatic rings. The summed E-state index contributed by atoms with van der Waals surface area (Å²) in [5, 5.41) is 0. The van der Waals surface area contributed by atoms with Gasteiger partial charge in [0.2, 0.25) is 0 Å². The first kappa shape index (κ1) is 4.47. The maximum atomic E-state index is 9.83. The summed E-state index contributed by atoms with van der Waals surface area (Å²) in [6, 6.07) is 0. The van der Waals surface area contributed by atoms with E-state index in [1.165, 1.54) is 0 Å². The Labute approximate surface area is 45.9 Å². The standard InChI is InChI=1S/CO3Se2/c2-1-3-5-6-4-1. The van der Waals surface area contributed by atoms with E-state index in [0.717, 1.165) is 0 Å². The van der Waals surface area contributed by atoms with Crippen molar-refractivity contribution in [2.75, 3.05) is 0 Å². The van der Waals surface area contributed by atoms with Crippen LogP contribution >= 0.6 is 0 Å². The molecule has 1 aliphatic rings. The Morgan fingerprint density at radius 3 is 2.00 bits per heavy atom. The Hall–Kier alpha value is 0.309. The summed E-state index contributed by atoms with van der Waals surface area (Å²) in [6.45, 7) is 0. The summed E-state index contributed by atoms with van der Waals surface area (Å²) in [7, 11) is 0. The van der Waals surface area contributed by atoms with Gasteiger partial charge in [-0.1, -0.05) is 0 Å². The Morgan fingerprint density at radius 1 is 1.33 bits per heavy atom. The Morgan fingerprint density at radius 2 is 1.83 bits per heavy atom. The fourth-order valence-corrected chi connectivity index (χ4v) is 2.63. The van der Waals surface area contributed by atoms with Crippen LogP contribution in [0.4, 0.5) is 4.79 Å². The fourth-order valence-electron chi connectivity index (χ4n) is 0.0972. The van der Waals surface area contributed by atoms with Crippen molar-refractivity contribution in [1.29, 1.82) is 0 Å². The first-order valence-electron chi connectivity index (χ1n) is 1.11. The molecule has 0 aromatic carbocycles. The SMILES string of the molecule is O=C1O[Se][Se]O1. The molecule has 34 valence electrons. The second-order valence-electron chi connectivity index (χ2n) is 0.553. The van der Waals surface area contributed by atoms with Crippen molar-refractivity contribution in [3.05, 3.63) is 0 Å². The number of carbonyl (C=O) groups is 1. The molecule has 1 aliphatic heterocycles. The molecule has 1 rings (SSSR count). The number of hydrogen-bond donors (Lipinski definition) is 0. The van der Waals surface area contributed by atoms with E-state index in [2.05, 4.69) is 7.64 Å². The number of carbonyl (C=O) groups excluding carboxylic acids is 1. The molecule has 6 heavy (non-hydrogen) atoms. The van der Waals surface area contributed by atoms with Crippen LogP contribution in [-0.2, 0) is 7.64 Å². The third-order valence-corrected chi connectivity index (χ3v) is 3.29. The molecule has 0 unspecified atom stereocenters. The quantitative estimate of drug-likeness (QED) is 0.504. The van der Waals surface area contributed by atoms with E-state index in [9.17, 15) is 4.79 Å². The molecular formula is CO3Se2. The van der Waals surface area contributed by atoms with E-state index in [4.69, 9.17) is 0 Å². The zero-order valence-electron chi connectivity index (χ0n) is 2.54. The first-order valence-corrected chi connectivity index (χ1v) is 6.84. The molecular weight excluding hydrogens is 218 g/mol. The minimum atomic E-state index is -0.491. The van der Waals surface area contributed by atoms with Crippen LogP contribution in [0.5, 0.6) is 0 Å². The second-order valence-corrected chi connectivity index (χ2v) is 4.79. The Balaban J connectivity index is 2.37. The van der Waals surface area contributed by atoms with Gasteiger partial charge in [0.25, 0.3) is 0 Å². The van der Waals surface area contributed by atoms with E-state index >= 15 is 0 Å². The third kappa shape index (κ3) is 0.883. The zero-order chi connectivity index (χ0) is 4.41. The average molecular weight is 218 g/mol. The van der Waals surface area contributed by atoms with Crippen molar-refractivity contribution in [2.45, 2.75) is 0 Å². The molecule has 0 amide bonds. The normalized spacial score (nSPS) is 19.7. The Kier molecular flexibility index (Phi) is 1.37. The zero-order valence-corrected chi connectivity index (χ0v) is 5.97. The van der Waals surface area contributed by atoms with E-state index in [-0.39, 0.29) is 26.9 Å². The number of rotatable bonds is 0. The molecule has 0 radical (unpaired) electrons. The average Bonchev–Trinajstić information content (AvgIpc) is 1.86. The van der Waals surface area contributed by atoms with Crippen LogP contribution in [0.2, 0.25) is 0 Å². The van der Waals surface area contributed by atoms with Crippen LogP contribution in [0.3, 0.4) is 0 Å². The van der Waals surface area contributed by atoms with Crippen molar-refractivity contribution in [1.82, 2.24) is 0 Å². The summed E-state index contributed by atoms with van der Waals surface area (Å²) >= 11 is 0.0637. The van der Waals surface area contributed by atoms with Crippen LogP contribution in [0.1, 0.15) is 0 Å². The van der Waals surface area contributed by atoms with Gasteiger partial charge in [-0.25, -0.2) is 0 Å². The molecule has 0 spiro atoms. The molecule has 0 atom stereocenters. The van der Waals surface area contributed by atoms with E-state index < -0.39 is 6.16 Å². The third-order valence-electron chi connectivity index (χ3n) is 0.232. The molecule has 0 bridgehead atoms. The van der Waals surface area contributed by atoms with Crippen molar-refractivity contribution in [3.8, 4) is 0 Å². The van der Waals surface area contributed by atoms with Crippen LogP contribution in [-0.4, -0.2) is 33.1 Å². The molecule has 5 heteroatoms. The van der Waals surface area contributed by atoms with Crippen molar-refractivity contribution in [3.63, 3.8) is 0 Å². The van der Waals surface area contributed by atoms with Crippen LogP contribution in [0, 0.1) is 0 Å². The molecule has 0 N–H and O–H groups in total. The van der Waals surface area contributed by atoms with Crippen molar-refractivity contribution in [2.24, 2.45) is 0 Å². The van der Waals surface area contributed by atoms with E-state index in [1.807, 2.05) is 0 Å².